The fourth-order valence-corrected chi connectivity index (χ4v) is 3.50. The lowest BCUT2D eigenvalue weighted by Crippen LogP contribution is -2.45. The molecule has 1 aromatic carbocycles. The quantitative estimate of drug-likeness (QED) is 0.791. The van der Waals surface area contributed by atoms with E-state index in [1.807, 2.05) is 18.3 Å². The van der Waals surface area contributed by atoms with Crippen LogP contribution in [-0.2, 0) is 4.74 Å². The van der Waals surface area contributed by atoms with E-state index in [0.717, 1.165) is 62.2 Å². The molecule has 0 amide bonds. The number of fused-ring (bicyclic) bond motifs is 1. The lowest BCUT2D eigenvalue weighted by molar-refractivity contribution is 0.112. The van der Waals surface area contributed by atoms with Gasteiger partial charge in [0.25, 0.3) is 0 Å². The Morgan fingerprint density at radius 1 is 1.33 bits per heavy atom. The van der Waals surface area contributed by atoms with Crippen LogP contribution in [0.5, 0.6) is 0 Å². The van der Waals surface area contributed by atoms with Crippen molar-refractivity contribution in [2.45, 2.75) is 24.8 Å². The smallest absolute Gasteiger partial charge is 0.226 e. The van der Waals surface area contributed by atoms with Gasteiger partial charge in [-0.25, -0.2) is 9.97 Å². The average Bonchev–Trinajstić information content (AvgIpc) is 3.17. The highest BCUT2D eigenvalue weighted by molar-refractivity contribution is 5.86. The Bertz CT molecular complexity index is 689. The molecule has 3 heterocycles. The van der Waals surface area contributed by atoms with Crippen molar-refractivity contribution in [1.82, 2.24) is 9.97 Å². The van der Waals surface area contributed by atoms with Crippen molar-refractivity contribution in [3.8, 4) is 0 Å². The lowest BCUT2D eigenvalue weighted by Gasteiger charge is -2.33. The van der Waals surface area contributed by atoms with E-state index >= 15 is 0 Å². The first-order chi connectivity index (χ1) is 10.3. The molecule has 0 bridgehead atoms. The Kier molecular flexibility index (Phi) is 2.89. The normalized spacial score (nSPS) is 25.0. The number of aromatic nitrogens is 2. The number of hydrogen-bond acceptors (Lipinski definition) is 5. The van der Waals surface area contributed by atoms with Crippen LogP contribution in [0.25, 0.3) is 10.9 Å². The Balaban J connectivity index is 1.75. The van der Waals surface area contributed by atoms with E-state index in [1.165, 1.54) is 0 Å². The molecule has 0 aliphatic carbocycles. The van der Waals surface area contributed by atoms with Crippen molar-refractivity contribution in [1.29, 1.82) is 0 Å². The van der Waals surface area contributed by atoms with Crippen LogP contribution in [0.4, 0.5) is 5.95 Å². The molecule has 2 aromatic rings. The number of nitrogens with zero attached hydrogens (tertiary/aromatic N) is 3. The van der Waals surface area contributed by atoms with Gasteiger partial charge in [-0.05, 0) is 37.5 Å². The first-order valence-corrected chi connectivity index (χ1v) is 7.38. The average molecular weight is 283 g/mol. The van der Waals surface area contributed by atoms with Crippen molar-refractivity contribution in [2.75, 3.05) is 24.7 Å². The number of anilines is 1. The molecule has 1 spiro atoms. The standard InChI is InChI=1S/C16H17N3O2/c20-10-12-2-3-14-13(8-12)9-17-15(18-14)19-6-1-4-16(19)5-7-21-11-16/h2-3,8-10H,1,4-7,11H2/t16-/m0/s1. The highest BCUT2D eigenvalue weighted by Gasteiger charge is 2.45. The van der Waals surface area contributed by atoms with Gasteiger partial charge in [-0.3, -0.25) is 4.79 Å². The summed E-state index contributed by atoms with van der Waals surface area (Å²) in [4.78, 5) is 22.4. The predicted octanol–water partition coefficient (Wildman–Crippen LogP) is 2.20. The summed E-state index contributed by atoms with van der Waals surface area (Å²) in [6, 6.07) is 5.51. The van der Waals surface area contributed by atoms with Gasteiger partial charge in [0.1, 0.15) is 6.29 Å². The summed E-state index contributed by atoms with van der Waals surface area (Å²) in [6.45, 7) is 2.59. The molecular formula is C16H17N3O2. The number of aldehydes is 1. The van der Waals surface area contributed by atoms with Gasteiger partial charge in [0.15, 0.2) is 0 Å². The predicted molar refractivity (Wildman–Crippen MR) is 79.7 cm³/mol. The molecule has 0 N–H and O–H groups in total. The molecule has 108 valence electrons. The molecule has 0 radical (unpaired) electrons. The van der Waals surface area contributed by atoms with E-state index in [9.17, 15) is 4.79 Å². The van der Waals surface area contributed by atoms with Gasteiger partial charge in [-0.2, -0.15) is 0 Å². The van der Waals surface area contributed by atoms with Gasteiger partial charge >= 0.3 is 0 Å². The molecule has 2 fully saturated rings. The SMILES string of the molecule is O=Cc1ccc2nc(N3CCC[C@@]34CCOC4)ncc2c1. The third kappa shape index (κ3) is 2.00. The maximum Gasteiger partial charge on any atom is 0.226 e. The van der Waals surface area contributed by atoms with E-state index in [4.69, 9.17) is 9.72 Å². The minimum Gasteiger partial charge on any atom is -0.379 e. The zero-order chi connectivity index (χ0) is 14.3. The molecule has 5 nitrogen and oxygen atoms in total. The molecular weight excluding hydrogens is 266 g/mol. The van der Waals surface area contributed by atoms with Gasteiger partial charge in [-0.15, -0.1) is 0 Å². The Labute approximate surface area is 122 Å². The molecule has 21 heavy (non-hydrogen) atoms. The van der Waals surface area contributed by atoms with Crippen LogP contribution in [0.3, 0.4) is 0 Å². The fraction of sp³-hybridized carbons (Fsp3) is 0.438. The summed E-state index contributed by atoms with van der Waals surface area (Å²) in [6.07, 6.45) is 6.02. The van der Waals surface area contributed by atoms with E-state index in [0.29, 0.717) is 5.56 Å². The minimum absolute atomic E-state index is 0.0937. The van der Waals surface area contributed by atoms with E-state index in [1.54, 1.807) is 6.07 Å². The third-order valence-corrected chi connectivity index (χ3v) is 4.65. The van der Waals surface area contributed by atoms with Gasteiger partial charge < -0.3 is 9.64 Å². The van der Waals surface area contributed by atoms with E-state index < -0.39 is 0 Å². The Morgan fingerprint density at radius 2 is 2.29 bits per heavy atom. The fourth-order valence-electron chi connectivity index (χ4n) is 3.50. The number of rotatable bonds is 2. The first kappa shape index (κ1) is 12.7. The van der Waals surface area contributed by atoms with Crippen LogP contribution in [0.15, 0.2) is 24.4 Å². The summed E-state index contributed by atoms with van der Waals surface area (Å²) in [5.41, 5.74) is 1.63. The number of carbonyl (C=O) groups is 1. The molecule has 2 aliphatic heterocycles. The van der Waals surface area contributed by atoms with E-state index in [2.05, 4.69) is 9.88 Å². The highest BCUT2D eigenvalue weighted by atomic mass is 16.5. The third-order valence-electron chi connectivity index (χ3n) is 4.65. The number of carbonyl (C=O) groups excluding carboxylic acids is 1. The van der Waals surface area contributed by atoms with Crippen molar-refractivity contribution >= 4 is 23.1 Å². The highest BCUT2D eigenvalue weighted by Crippen LogP contribution is 2.38. The zero-order valence-corrected chi connectivity index (χ0v) is 11.8. The van der Waals surface area contributed by atoms with Gasteiger partial charge in [-0.1, -0.05) is 0 Å². The van der Waals surface area contributed by atoms with Crippen LogP contribution in [0.1, 0.15) is 29.6 Å². The van der Waals surface area contributed by atoms with Crippen LogP contribution < -0.4 is 4.90 Å². The van der Waals surface area contributed by atoms with E-state index in [-0.39, 0.29) is 5.54 Å². The second kappa shape index (κ2) is 4.77. The molecule has 0 saturated carbocycles. The lowest BCUT2D eigenvalue weighted by atomic mass is 9.96. The van der Waals surface area contributed by atoms with Gasteiger partial charge in [0, 0.05) is 30.3 Å². The maximum atomic E-state index is 10.8. The molecule has 0 unspecified atom stereocenters. The van der Waals surface area contributed by atoms with Crippen molar-refractivity contribution in [3.05, 3.63) is 30.0 Å². The molecule has 1 aromatic heterocycles. The zero-order valence-electron chi connectivity index (χ0n) is 11.8. The van der Waals surface area contributed by atoms with Gasteiger partial charge in [0.05, 0.1) is 17.7 Å². The van der Waals surface area contributed by atoms with Crippen LogP contribution in [0.2, 0.25) is 0 Å². The molecule has 2 aliphatic rings. The second-order valence-corrected chi connectivity index (χ2v) is 5.89. The van der Waals surface area contributed by atoms with Crippen molar-refractivity contribution in [3.63, 3.8) is 0 Å². The number of benzene rings is 1. The largest absolute Gasteiger partial charge is 0.379 e. The Morgan fingerprint density at radius 3 is 3.10 bits per heavy atom. The van der Waals surface area contributed by atoms with Crippen molar-refractivity contribution in [2.24, 2.45) is 0 Å². The summed E-state index contributed by atoms with van der Waals surface area (Å²) in [5.74, 6) is 0.782. The number of ether oxygens (including phenoxy) is 1. The topological polar surface area (TPSA) is 55.3 Å². The van der Waals surface area contributed by atoms with Gasteiger partial charge in [0.2, 0.25) is 5.95 Å². The first-order valence-electron chi connectivity index (χ1n) is 7.38. The summed E-state index contributed by atoms with van der Waals surface area (Å²) in [7, 11) is 0. The summed E-state index contributed by atoms with van der Waals surface area (Å²) >= 11 is 0. The number of hydrogen-bond donors (Lipinski definition) is 0. The monoisotopic (exact) mass is 283 g/mol. The summed E-state index contributed by atoms with van der Waals surface area (Å²) < 4.78 is 5.62. The molecule has 2 saturated heterocycles. The van der Waals surface area contributed by atoms with Crippen LogP contribution in [0, 0.1) is 0 Å². The maximum absolute atomic E-state index is 10.8. The van der Waals surface area contributed by atoms with Crippen LogP contribution in [-0.4, -0.2) is 41.6 Å². The minimum atomic E-state index is 0.0937. The van der Waals surface area contributed by atoms with Crippen molar-refractivity contribution < 1.29 is 9.53 Å². The molecule has 1 atom stereocenters. The van der Waals surface area contributed by atoms with Crippen LogP contribution >= 0.6 is 0 Å². The summed E-state index contributed by atoms with van der Waals surface area (Å²) in [5, 5.41) is 0.902. The molecule has 5 heteroatoms. The Hall–Kier alpha value is -2.01. The molecule has 4 rings (SSSR count). The second-order valence-electron chi connectivity index (χ2n) is 5.89.